The second-order valence-electron chi connectivity index (χ2n) is 18.5. The summed E-state index contributed by atoms with van der Waals surface area (Å²) >= 11 is 13.9. The van der Waals surface area contributed by atoms with Gasteiger partial charge in [-0.1, -0.05) is 86.8 Å². The molecule has 0 aliphatic heterocycles. The molecule has 4 aromatic carbocycles. The Morgan fingerprint density at radius 3 is 1.38 bits per heavy atom. The van der Waals surface area contributed by atoms with E-state index in [1.165, 1.54) is 12.4 Å². The Balaban J connectivity index is 1.25. The lowest BCUT2D eigenvalue weighted by atomic mass is 9.92. The van der Waals surface area contributed by atoms with Gasteiger partial charge in [0, 0.05) is 78.9 Å². The van der Waals surface area contributed by atoms with E-state index >= 15 is 0 Å². The fraction of sp³-hybridized carbons (Fsp3) is 0.356. The summed E-state index contributed by atoms with van der Waals surface area (Å²) in [7, 11) is 0. The molecule has 0 unspecified atom stereocenters. The number of benzene rings is 4. The SMILES string of the molecule is CCC[C@@H](C(=O)O)N(CCC)Cc1cc(Cl)c(OCc2cccc(-c3cccc(COc4cc(OCc5cncc(C#N)c5)c(CN(CCC)[C@@H](CCO)C(=O)O)cc4Cl)c3C)c2C)cc1OCc1cncc(C#N)c1. The van der Waals surface area contributed by atoms with E-state index in [4.69, 9.17) is 42.1 Å². The number of halogens is 2. The minimum absolute atomic E-state index is 0.0443. The molecule has 0 aliphatic carbocycles. The number of aromatic nitrogens is 2. The van der Waals surface area contributed by atoms with Crippen LogP contribution in [0.15, 0.2) is 97.6 Å². The first-order chi connectivity index (χ1) is 36.7. The van der Waals surface area contributed by atoms with E-state index in [1.54, 1.807) is 53.7 Å². The Morgan fingerprint density at radius 1 is 0.579 bits per heavy atom. The van der Waals surface area contributed by atoms with Crippen LogP contribution in [0.3, 0.4) is 0 Å². The van der Waals surface area contributed by atoms with Crippen LogP contribution >= 0.6 is 23.2 Å². The van der Waals surface area contributed by atoms with Gasteiger partial charge in [-0.15, -0.1) is 0 Å². The van der Waals surface area contributed by atoms with Gasteiger partial charge in [-0.25, -0.2) is 0 Å². The molecule has 6 rings (SSSR count). The molecule has 0 radical (unpaired) electrons. The Bertz CT molecular complexity index is 2850. The number of hydrogen-bond acceptors (Lipinski definition) is 13. The smallest absolute Gasteiger partial charge is 0.321 e. The predicted molar refractivity (Wildman–Crippen MR) is 290 cm³/mol. The van der Waals surface area contributed by atoms with Gasteiger partial charge in [0.05, 0.1) is 21.2 Å². The van der Waals surface area contributed by atoms with Crippen molar-refractivity contribution in [1.82, 2.24) is 19.8 Å². The van der Waals surface area contributed by atoms with Crippen LogP contribution in [0.4, 0.5) is 0 Å². The van der Waals surface area contributed by atoms with Crippen LogP contribution in [0.2, 0.25) is 10.0 Å². The standard InChI is InChI=1S/C59H64Cl2N6O9/c1-6-11-52(58(69)70)66(17-7-2)32-46-22-50(60)56(24-54(46)73-34-42-20-40(26-62)28-64-30-42)75-36-44-12-9-14-48(38(44)4)49-15-10-13-45(39(49)5)37-76-57-25-55(74-35-43-21-41(27-63)29-65-31-43)47(23-51(57)61)33-67(18-8-3)53(16-19-68)59(71)72/h9-10,12-15,20-25,28-31,52-53,68H,6-8,11,16-19,32-37H2,1-5H3,(H,69,70)(H,71,72)/t52-,53-/m0/s1. The monoisotopic (exact) mass is 1070 g/mol. The zero-order valence-electron chi connectivity index (χ0n) is 43.5. The lowest BCUT2D eigenvalue weighted by molar-refractivity contribution is -0.145. The summed E-state index contributed by atoms with van der Waals surface area (Å²) in [6.45, 7) is 11.6. The third-order valence-electron chi connectivity index (χ3n) is 13.0. The molecule has 17 heteroatoms. The highest BCUT2D eigenvalue weighted by molar-refractivity contribution is 6.32. The van der Waals surface area contributed by atoms with Crippen LogP contribution in [0.5, 0.6) is 23.0 Å². The van der Waals surface area contributed by atoms with E-state index in [2.05, 4.69) is 34.2 Å². The zero-order chi connectivity index (χ0) is 54.7. The third-order valence-corrected chi connectivity index (χ3v) is 13.6. The number of aliphatic carboxylic acids is 2. The van der Waals surface area contributed by atoms with E-state index in [-0.39, 0.29) is 52.5 Å². The molecule has 0 amide bonds. The van der Waals surface area contributed by atoms with E-state index in [0.29, 0.717) is 98.8 Å². The minimum atomic E-state index is -1.04. The van der Waals surface area contributed by atoms with E-state index in [9.17, 15) is 35.4 Å². The average molecular weight is 1070 g/mol. The van der Waals surface area contributed by atoms with Gasteiger partial charge in [0.15, 0.2) is 0 Å². The summed E-state index contributed by atoms with van der Waals surface area (Å²) in [5.74, 6) is -0.331. The number of rotatable bonds is 29. The Morgan fingerprint density at radius 2 is 1.00 bits per heavy atom. The van der Waals surface area contributed by atoms with Gasteiger partial charge in [-0.2, -0.15) is 10.5 Å². The van der Waals surface area contributed by atoms with Crippen molar-refractivity contribution in [3.05, 3.63) is 163 Å². The summed E-state index contributed by atoms with van der Waals surface area (Å²) in [6.07, 6.45) is 8.83. The van der Waals surface area contributed by atoms with Crippen LogP contribution < -0.4 is 18.9 Å². The number of carboxylic acid groups (broad SMARTS) is 2. The van der Waals surface area contributed by atoms with Gasteiger partial charge >= 0.3 is 11.9 Å². The van der Waals surface area contributed by atoms with E-state index in [0.717, 1.165) is 39.8 Å². The molecule has 76 heavy (non-hydrogen) atoms. The van der Waals surface area contributed by atoms with Gasteiger partial charge in [0.25, 0.3) is 0 Å². The second kappa shape index (κ2) is 28.6. The number of carboxylic acids is 2. The topological polar surface area (TPSA) is 212 Å². The Labute approximate surface area is 454 Å². The minimum Gasteiger partial charge on any atom is -0.488 e. The van der Waals surface area contributed by atoms with Crippen molar-refractivity contribution in [1.29, 1.82) is 10.5 Å². The maximum atomic E-state index is 12.4. The first-order valence-electron chi connectivity index (χ1n) is 25.3. The van der Waals surface area contributed by atoms with Gasteiger partial charge in [0.1, 0.15) is 73.6 Å². The maximum absolute atomic E-state index is 12.4. The van der Waals surface area contributed by atoms with Gasteiger partial charge in [0.2, 0.25) is 0 Å². The molecule has 6 aromatic rings. The number of pyridine rings is 2. The molecule has 2 aromatic heterocycles. The molecule has 0 spiro atoms. The molecule has 0 saturated carbocycles. The number of nitrogens with zero attached hydrogens (tertiary/aromatic N) is 6. The Hall–Kier alpha value is -7.24. The van der Waals surface area contributed by atoms with Crippen molar-refractivity contribution in [3.63, 3.8) is 0 Å². The van der Waals surface area contributed by atoms with Crippen molar-refractivity contribution in [2.75, 3.05) is 19.7 Å². The van der Waals surface area contributed by atoms with Crippen LogP contribution in [0, 0.1) is 36.5 Å². The van der Waals surface area contributed by atoms with Crippen LogP contribution in [0.1, 0.15) is 109 Å². The van der Waals surface area contributed by atoms with Gasteiger partial charge in [-0.05, 0) is 110 Å². The number of nitriles is 2. The lowest BCUT2D eigenvalue weighted by Gasteiger charge is -2.29. The zero-order valence-corrected chi connectivity index (χ0v) is 45.0. The predicted octanol–water partition coefficient (Wildman–Crippen LogP) is 11.6. The number of ether oxygens (including phenoxy) is 4. The quantitative estimate of drug-likeness (QED) is 0.0399. The highest BCUT2D eigenvalue weighted by Gasteiger charge is 2.28. The highest BCUT2D eigenvalue weighted by atomic mass is 35.5. The molecule has 398 valence electrons. The largest absolute Gasteiger partial charge is 0.488 e. The van der Waals surface area contributed by atoms with E-state index in [1.807, 2.05) is 63.8 Å². The maximum Gasteiger partial charge on any atom is 0.321 e. The van der Waals surface area contributed by atoms with Crippen molar-refractivity contribution >= 4 is 35.1 Å². The molecule has 2 heterocycles. The second-order valence-corrected chi connectivity index (χ2v) is 19.3. The summed E-state index contributed by atoms with van der Waals surface area (Å²) < 4.78 is 25.7. The molecule has 0 aliphatic rings. The number of hydrogen-bond donors (Lipinski definition) is 3. The highest BCUT2D eigenvalue weighted by Crippen LogP contribution is 2.38. The van der Waals surface area contributed by atoms with Crippen molar-refractivity contribution in [2.24, 2.45) is 0 Å². The number of aliphatic hydroxyl groups excluding tert-OH is 1. The summed E-state index contributed by atoms with van der Waals surface area (Å²) in [5.41, 5.74) is 9.19. The summed E-state index contributed by atoms with van der Waals surface area (Å²) in [6, 6.07) is 24.9. The molecular weight excluding hydrogens is 1010 g/mol. The average Bonchev–Trinajstić information content (AvgIpc) is 3.41. The normalized spacial score (nSPS) is 11.9. The fourth-order valence-corrected chi connectivity index (χ4v) is 9.54. The van der Waals surface area contributed by atoms with Crippen molar-refractivity contribution in [3.8, 4) is 46.3 Å². The van der Waals surface area contributed by atoms with Crippen molar-refractivity contribution < 1.29 is 43.9 Å². The lowest BCUT2D eigenvalue weighted by Crippen LogP contribution is -2.42. The fourth-order valence-electron chi connectivity index (χ4n) is 9.06. The first-order valence-corrected chi connectivity index (χ1v) is 26.0. The van der Waals surface area contributed by atoms with Crippen LogP contribution in [-0.2, 0) is 49.1 Å². The molecule has 0 saturated heterocycles. The van der Waals surface area contributed by atoms with Crippen LogP contribution in [0.25, 0.3) is 11.1 Å². The molecule has 2 atom stereocenters. The van der Waals surface area contributed by atoms with Gasteiger partial charge in [-0.3, -0.25) is 29.4 Å². The number of carbonyl (C=O) groups is 2. The van der Waals surface area contributed by atoms with Crippen LogP contribution in [-0.4, -0.2) is 78.8 Å². The Kier molecular flexibility index (Phi) is 21.8. The molecule has 0 bridgehead atoms. The molecule has 15 nitrogen and oxygen atoms in total. The van der Waals surface area contributed by atoms with Gasteiger partial charge < -0.3 is 34.3 Å². The summed E-state index contributed by atoms with van der Waals surface area (Å²) in [5, 5.41) is 49.6. The van der Waals surface area contributed by atoms with Crippen molar-refractivity contribution in [2.45, 2.75) is 118 Å². The summed E-state index contributed by atoms with van der Waals surface area (Å²) in [4.78, 5) is 36.8. The number of aliphatic hydroxyl groups is 1. The molecule has 0 fully saturated rings. The molecular formula is C59H64Cl2N6O9. The van der Waals surface area contributed by atoms with E-state index < -0.39 is 24.0 Å². The third kappa shape index (κ3) is 15.4. The molecule has 3 N–H and O–H groups in total. The first kappa shape index (κ1) is 58.0.